The van der Waals surface area contributed by atoms with Crippen LogP contribution in [-0.4, -0.2) is 33.2 Å². The molecular weight excluding hydrogens is 314 g/mol. The standard InChI is InChI=1S/C12H14BrN3O3/c13-11-5-9(16(18)19)6-14-12(11)15-7-1-2-8(15)4-10(17)3-7/h5-8,10,17H,1-4H2. The minimum Gasteiger partial charge on any atom is -0.393 e. The van der Waals surface area contributed by atoms with Crippen molar-refractivity contribution in [2.75, 3.05) is 4.90 Å². The van der Waals surface area contributed by atoms with Gasteiger partial charge in [-0.15, -0.1) is 0 Å². The van der Waals surface area contributed by atoms with Crippen molar-refractivity contribution >= 4 is 27.4 Å². The van der Waals surface area contributed by atoms with Crippen LogP contribution in [0.1, 0.15) is 25.7 Å². The fraction of sp³-hybridized carbons (Fsp3) is 0.583. The Labute approximate surface area is 118 Å². The molecule has 2 atom stereocenters. The number of pyridine rings is 1. The van der Waals surface area contributed by atoms with Crippen LogP contribution in [0.15, 0.2) is 16.7 Å². The number of nitro groups is 1. The minimum atomic E-state index is -0.448. The molecule has 2 aliphatic heterocycles. The summed E-state index contributed by atoms with van der Waals surface area (Å²) in [5, 5.41) is 20.5. The first-order chi connectivity index (χ1) is 9.06. The van der Waals surface area contributed by atoms with Gasteiger partial charge in [-0.1, -0.05) is 0 Å². The van der Waals surface area contributed by atoms with E-state index in [4.69, 9.17) is 0 Å². The molecule has 0 aliphatic carbocycles. The third kappa shape index (κ3) is 2.21. The molecule has 0 radical (unpaired) electrons. The molecule has 1 aromatic heterocycles. The van der Waals surface area contributed by atoms with Crippen LogP contribution in [-0.2, 0) is 0 Å². The van der Waals surface area contributed by atoms with Gasteiger partial charge in [0, 0.05) is 18.2 Å². The molecule has 102 valence electrons. The van der Waals surface area contributed by atoms with Crippen molar-refractivity contribution in [2.45, 2.75) is 43.9 Å². The van der Waals surface area contributed by atoms with Gasteiger partial charge in [-0.05, 0) is 41.6 Å². The van der Waals surface area contributed by atoms with Crippen molar-refractivity contribution < 1.29 is 10.0 Å². The zero-order valence-electron chi connectivity index (χ0n) is 10.2. The van der Waals surface area contributed by atoms with Crippen molar-refractivity contribution in [3.05, 3.63) is 26.9 Å². The lowest BCUT2D eigenvalue weighted by Gasteiger charge is -2.38. The Morgan fingerprint density at radius 1 is 1.42 bits per heavy atom. The van der Waals surface area contributed by atoms with Crippen LogP contribution in [0.25, 0.3) is 0 Å². The Morgan fingerprint density at radius 2 is 2.05 bits per heavy atom. The Morgan fingerprint density at radius 3 is 2.58 bits per heavy atom. The van der Waals surface area contributed by atoms with Gasteiger partial charge in [0.1, 0.15) is 12.0 Å². The number of rotatable bonds is 2. The molecule has 6 nitrogen and oxygen atoms in total. The highest BCUT2D eigenvalue weighted by Gasteiger charge is 2.41. The van der Waals surface area contributed by atoms with Crippen LogP contribution >= 0.6 is 15.9 Å². The Kier molecular flexibility index (Phi) is 3.18. The Hall–Kier alpha value is -1.21. The molecule has 3 rings (SSSR count). The van der Waals surface area contributed by atoms with Crippen LogP contribution in [0, 0.1) is 10.1 Å². The number of anilines is 1. The van der Waals surface area contributed by atoms with Gasteiger partial charge < -0.3 is 10.0 Å². The zero-order chi connectivity index (χ0) is 13.6. The summed E-state index contributed by atoms with van der Waals surface area (Å²) < 4.78 is 0.648. The molecule has 2 bridgehead atoms. The predicted octanol–water partition coefficient (Wildman–Crippen LogP) is 2.24. The Balaban J connectivity index is 1.93. The van der Waals surface area contributed by atoms with E-state index in [1.54, 1.807) is 0 Å². The first kappa shape index (κ1) is 12.8. The van der Waals surface area contributed by atoms with Gasteiger partial charge >= 0.3 is 0 Å². The number of aromatic nitrogens is 1. The minimum absolute atomic E-state index is 0.0139. The second-order valence-corrected chi connectivity index (χ2v) is 6.03. The van der Waals surface area contributed by atoms with Crippen molar-refractivity contribution in [1.29, 1.82) is 0 Å². The largest absolute Gasteiger partial charge is 0.393 e. The van der Waals surface area contributed by atoms with E-state index in [9.17, 15) is 15.2 Å². The molecule has 2 fully saturated rings. The molecule has 0 saturated carbocycles. The summed E-state index contributed by atoms with van der Waals surface area (Å²) >= 11 is 3.38. The summed E-state index contributed by atoms with van der Waals surface area (Å²) in [6.07, 6.45) is 4.67. The van der Waals surface area contributed by atoms with Crippen molar-refractivity contribution in [2.24, 2.45) is 0 Å². The molecule has 2 unspecified atom stereocenters. The Bertz CT molecular complexity index is 511. The third-order valence-electron chi connectivity index (χ3n) is 3.97. The normalized spacial score (nSPS) is 29.6. The molecule has 0 amide bonds. The van der Waals surface area contributed by atoms with E-state index in [1.807, 2.05) is 0 Å². The third-order valence-corrected chi connectivity index (χ3v) is 4.55. The molecule has 0 aromatic carbocycles. The van der Waals surface area contributed by atoms with Gasteiger partial charge in [0.15, 0.2) is 0 Å². The topological polar surface area (TPSA) is 79.5 Å². The smallest absolute Gasteiger partial charge is 0.288 e. The van der Waals surface area contributed by atoms with Gasteiger partial charge in [0.25, 0.3) is 5.69 Å². The lowest BCUT2D eigenvalue weighted by Crippen LogP contribution is -2.45. The van der Waals surface area contributed by atoms with Gasteiger partial charge in [-0.3, -0.25) is 10.1 Å². The second kappa shape index (κ2) is 4.72. The SMILES string of the molecule is O=[N+]([O-])c1cnc(N2C3CCC2CC(O)C3)c(Br)c1. The van der Waals surface area contributed by atoms with Gasteiger partial charge in [0.2, 0.25) is 0 Å². The maximum Gasteiger partial charge on any atom is 0.288 e. The lowest BCUT2D eigenvalue weighted by molar-refractivity contribution is -0.385. The van der Waals surface area contributed by atoms with Crippen LogP contribution in [0.2, 0.25) is 0 Å². The van der Waals surface area contributed by atoms with Crippen LogP contribution in [0.5, 0.6) is 0 Å². The number of fused-ring (bicyclic) bond motifs is 2. The zero-order valence-corrected chi connectivity index (χ0v) is 11.8. The first-order valence-electron chi connectivity index (χ1n) is 6.32. The van der Waals surface area contributed by atoms with E-state index < -0.39 is 4.92 Å². The van der Waals surface area contributed by atoms with Gasteiger partial charge in [-0.2, -0.15) is 0 Å². The van der Waals surface area contributed by atoms with Gasteiger partial charge in [-0.25, -0.2) is 4.98 Å². The molecule has 7 heteroatoms. The summed E-state index contributed by atoms with van der Waals surface area (Å²) in [5.41, 5.74) is -0.0139. The predicted molar refractivity (Wildman–Crippen MR) is 73.1 cm³/mol. The van der Waals surface area contributed by atoms with E-state index in [0.29, 0.717) is 16.6 Å². The number of piperidine rings is 1. The fourth-order valence-corrected chi connectivity index (χ4v) is 3.75. The maximum absolute atomic E-state index is 10.7. The second-order valence-electron chi connectivity index (χ2n) is 5.17. The van der Waals surface area contributed by atoms with Crippen molar-refractivity contribution in [1.82, 2.24) is 4.98 Å². The monoisotopic (exact) mass is 327 g/mol. The summed E-state index contributed by atoms with van der Waals surface area (Å²) in [6.45, 7) is 0. The molecule has 3 heterocycles. The van der Waals surface area contributed by atoms with E-state index in [1.165, 1.54) is 12.3 Å². The number of hydrogen-bond donors (Lipinski definition) is 1. The highest BCUT2D eigenvalue weighted by molar-refractivity contribution is 9.10. The summed E-state index contributed by atoms with van der Waals surface area (Å²) in [7, 11) is 0. The quantitative estimate of drug-likeness (QED) is 0.665. The molecular formula is C12H14BrN3O3. The maximum atomic E-state index is 10.7. The van der Waals surface area contributed by atoms with Crippen molar-refractivity contribution in [3.8, 4) is 0 Å². The number of aliphatic hydroxyl groups is 1. The van der Waals surface area contributed by atoms with Gasteiger partial charge in [0.05, 0.1) is 15.5 Å². The highest BCUT2D eigenvalue weighted by atomic mass is 79.9. The first-order valence-corrected chi connectivity index (χ1v) is 7.12. The number of halogens is 1. The van der Waals surface area contributed by atoms with Crippen LogP contribution in [0.3, 0.4) is 0 Å². The molecule has 0 spiro atoms. The van der Waals surface area contributed by atoms with E-state index in [0.717, 1.165) is 31.5 Å². The fourth-order valence-electron chi connectivity index (χ4n) is 3.20. The average molecular weight is 328 g/mol. The molecule has 2 saturated heterocycles. The highest BCUT2D eigenvalue weighted by Crippen LogP contribution is 2.41. The van der Waals surface area contributed by atoms with E-state index >= 15 is 0 Å². The molecule has 2 aliphatic rings. The molecule has 19 heavy (non-hydrogen) atoms. The van der Waals surface area contributed by atoms with E-state index in [2.05, 4.69) is 25.8 Å². The number of aliphatic hydroxyl groups excluding tert-OH is 1. The van der Waals surface area contributed by atoms with E-state index in [-0.39, 0.29) is 11.8 Å². The summed E-state index contributed by atoms with van der Waals surface area (Å²) in [5.74, 6) is 0.755. The van der Waals surface area contributed by atoms with Crippen molar-refractivity contribution in [3.63, 3.8) is 0 Å². The van der Waals surface area contributed by atoms with Crippen LogP contribution in [0.4, 0.5) is 11.5 Å². The number of hydrogen-bond acceptors (Lipinski definition) is 5. The summed E-state index contributed by atoms with van der Waals surface area (Å²) in [6, 6.07) is 2.07. The lowest BCUT2D eigenvalue weighted by atomic mass is 10.00. The average Bonchev–Trinajstić information content (AvgIpc) is 2.62. The van der Waals surface area contributed by atoms with Crippen LogP contribution < -0.4 is 4.90 Å². The molecule has 1 N–H and O–H groups in total. The number of nitrogens with zero attached hydrogens (tertiary/aromatic N) is 3. The molecule has 1 aromatic rings. The summed E-state index contributed by atoms with van der Waals surface area (Å²) in [4.78, 5) is 16.7.